The SMILES string of the molecule is CC(O)c1ccc(C#N)cc1Oc1ccc(Br)cc1Br. The van der Waals surface area contributed by atoms with E-state index in [0.717, 1.165) is 8.95 Å². The molecule has 102 valence electrons. The van der Waals surface area contributed by atoms with Gasteiger partial charge in [-0.1, -0.05) is 22.0 Å². The molecular formula is C15H11Br2NO2. The number of benzene rings is 2. The lowest BCUT2D eigenvalue weighted by molar-refractivity contribution is 0.195. The van der Waals surface area contributed by atoms with E-state index in [-0.39, 0.29) is 0 Å². The lowest BCUT2D eigenvalue weighted by Crippen LogP contribution is -1.97. The first-order valence-electron chi connectivity index (χ1n) is 5.86. The Hall–Kier alpha value is -1.35. The van der Waals surface area contributed by atoms with Crippen molar-refractivity contribution in [3.05, 3.63) is 56.5 Å². The normalized spacial score (nSPS) is 11.8. The number of halogens is 2. The highest BCUT2D eigenvalue weighted by Gasteiger charge is 2.12. The maximum Gasteiger partial charge on any atom is 0.141 e. The first-order valence-corrected chi connectivity index (χ1v) is 7.45. The summed E-state index contributed by atoms with van der Waals surface area (Å²) in [6.07, 6.45) is -0.674. The van der Waals surface area contributed by atoms with Crippen LogP contribution in [0.3, 0.4) is 0 Å². The molecule has 3 nitrogen and oxygen atoms in total. The Morgan fingerprint density at radius 1 is 1.15 bits per heavy atom. The highest BCUT2D eigenvalue weighted by atomic mass is 79.9. The minimum Gasteiger partial charge on any atom is -0.456 e. The largest absolute Gasteiger partial charge is 0.456 e. The van der Waals surface area contributed by atoms with Crippen LogP contribution in [0.5, 0.6) is 11.5 Å². The van der Waals surface area contributed by atoms with Crippen LogP contribution in [0.1, 0.15) is 24.2 Å². The number of aliphatic hydroxyl groups is 1. The molecule has 2 rings (SSSR count). The maximum absolute atomic E-state index is 9.78. The van der Waals surface area contributed by atoms with E-state index >= 15 is 0 Å². The number of nitrogens with zero attached hydrogens (tertiary/aromatic N) is 1. The molecule has 0 heterocycles. The van der Waals surface area contributed by atoms with Gasteiger partial charge in [0.2, 0.25) is 0 Å². The molecule has 0 saturated carbocycles. The summed E-state index contributed by atoms with van der Waals surface area (Å²) >= 11 is 6.79. The minimum atomic E-state index is -0.674. The van der Waals surface area contributed by atoms with Gasteiger partial charge in [0.1, 0.15) is 11.5 Å². The Morgan fingerprint density at radius 2 is 1.90 bits per heavy atom. The molecule has 0 fully saturated rings. The number of rotatable bonds is 3. The summed E-state index contributed by atoms with van der Waals surface area (Å²) in [6, 6.07) is 12.6. The molecule has 0 spiro atoms. The number of ether oxygens (including phenoxy) is 1. The van der Waals surface area contributed by atoms with Crippen molar-refractivity contribution in [1.82, 2.24) is 0 Å². The Morgan fingerprint density at radius 3 is 2.50 bits per heavy atom. The van der Waals surface area contributed by atoms with Gasteiger partial charge in [-0.15, -0.1) is 0 Å². The average Bonchev–Trinajstić information content (AvgIpc) is 2.41. The van der Waals surface area contributed by atoms with Crippen LogP contribution in [0.2, 0.25) is 0 Å². The van der Waals surface area contributed by atoms with Crippen LogP contribution in [0, 0.1) is 11.3 Å². The van der Waals surface area contributed by atoms with Crippen LogP contribution >= 0.6 is 31.9 Å². The smallest absolute Gasteiger partial charge is 0.141 e. The van der Waals surface area contributed by atoms with E-state index in [1.807, 2.05) is 12.1 Å². The van der Waals surface area contributed by atoms with Crippen molar-refractivity contribution in [1.29, 1.82) is 5.26 Å². The highest BCUT2D eigenvalue weighted by Crippen LogP contribution is 2.35. The summed E-state index contributed by atoms with van der Waals surface area (Å²) in [4.78, 5) is 0. The first kappa shape index (κ1) is 15.0. The summed E-state index contributed by atoms with van der Waals surface area (Å²) in [7, 11) is 0. The second-order valence-electron chi connectivity index (χ2n) is 4.22. The summed E-state index contributed by atoms with van der Waals surface area (Å²) in [5.74, 6) is 1.09. The van der Waals surface area contributed by atoms with Crippen molar-refractivity contribution in [3.8, 4) is 17.6 Å². The monoisotopic (exact) mass is 395 g/mol. The molecule has 1 unspecified atom stereocenters. The molecule has 0 aliphatic carbocycles. The van der Waals surface area contributed by atoms with Crippen LogP contribution in [-0.2, 0) is 0 Å². The van der Waals surface area contributed by atoms with Crippen molar-refractivity contribution in [3.63, 3.8) is 0 Å². The number of nitriles is 1. The molecule has 0 aliphatic heterocycles. The Balaban J connectivity index is 2.43. The standard InChI is InChI=1S/C15H11Br2NO2/c1-9(19)12-4-2-10(8-18)6-15(12)20-14-5-3-11(16)7-13(14)17/h2-7,9,19H,1H3. The maximum atomic E-state index is 9.78. The van der Waals surface area contributed by atoms with Crippen molar-refractivity contribution in [2.45, 2.75) is 13.0 Å². The van der Waals surface area contributed by atoms with Crippen molar-refractivity contribution in [2.75, 3.05) is 0 Å². The molecular weight excluding hydrogens is 386 g/mol. The van der Waals surface area contributed by atoms with E-state index in [4.69, 9.17) is 10.00 Å². The Labute approximate surface area is 134 Å². The van der Waals surface area contributed by atoms with Crippen LogP contribution in [-0.4, -0.2) is 5.11 Å². The van der Waals surface area contributed by atoms with Gasteiger partial charge in [-0.25, -0.2) is 0 Å². The Kier molecular flexibility index (Phi) is 4.81. The zero-order chi connectivity index (χ0) is 14.7. The molecule has 2 aromatic rings. The summed E-state index contributed by atoms with van der Waals surface area (Å²) < 4.78 is 7.53. The molecule has 0 saturated heterocycles. The number of aliphatic hydroxyl groups excluding tert-OH is 1. The summed E-state index contributed by atoms with van der Waals surface area (Å²) in [5.41, 5.74) is 1.12. The second-order valence-corrected chi connectivity index (χ2v) is 5.99. The first-order chi connectivity index (χ1) is 9.51. The molecule has 20 heavy (non-hydrogen) atoms. The molecule has 0 radical (unpaired) electrons. The van der Waals surface area contributed by atoms with Gasteiger partial charge in [0, 0.05) is 10.0 Å². The number of hydrogen-bond acceptors (Lipinski definition) is 3. The van der Waals surface area contributed by atoms with Crippen LogP contribution in [0.25, 0.3) is 0 Å². The molecule has 1 N–H and O–H groups in total. The fourth-order valence-electron chi connectivity index (χ4n) is 1.71. The van der Waals surface area contributed by atoms with Crippen molar-refractivity contribution in [2.24, 2.45) is 0 Å². The third kappa shape index (κ3) is 3.40. The van der Waals surface area contributed by atoms with E-state index in [0.29, 0.717) is 22.6 Å². The third-order valence-corrected chi connectivity index (χ3v) is 3.82. The third-order valence-electron chi connectivity index (χ3n) is 2.71. The zero-order valence-corrected chi connectivity index (χ0v) is 13.8. The topological polar surface area (TPSA) is 53.2 Å². The summed E-state index contributed by atoms with van der Waals surface area (Å²) in [6.45, 7) is 1.66. The van der Waals surface area contributed by atoms with Crippen LogP contribution in [0.15, 0.2) is 45.3 Å². The van der Waals surface area contributed by atoms with E-state index < -0.39 is 6.10 Å². The Bertz CT molecular complexity index is 678. The van der Waals surface area contributed by atoms with E-state index in [2.05, 4.69) is 37.9 Å². The molecule has 1 atom stereocenters. The van der Waals surface area contributed by atoms with Gasteiger partial charge in [-0.05, 0) is 53.2 Å². The van der Waals surface area contributed by atoms with Crippen molar-refractivity contribution >= 4 is 31.9 Å². The van der Waals surface area contributed by atoms with Gasteiger partial charge >= 0.3 is 0 Å². The minimum absolute atomic E-state index is 0.474. The van der Waals surface area contributed by atoms with Gasteiger partial charge in [-0.3, -0.25) is 0 Å². The van der Waals surface area contributed by atoms with Gasteiger partial charge < -0.3 is 9.84 Å². The zero-order valence-electron chi connectivity index (χ0n) is 10.6. The van der Waals surface area contributed by atoms with Gasteiger partial charge in [0.05, 0.1) is 22.2 Å². The summed E-state index contributed by atoms with van der Waals surface area (Å²) in [5, 5.41) is 18.7. The lowest BCUT2D eigenvalue weighted by atomic mass is 10.1. The molecule has 0 aromatic heterocycles. The second kappa shape index (κ2) is 6.40. The predicted octanol–water partition coefficient (Wildman–Crippen LogP) is 4.93. The van der Waals surface area contributed by atoms with E-state index in [1.165, 1.54) is 0 Å². The molecule has 2 aromatic carbocycles. The molecule has 0 aliphatic rings. The highest BCUT2D eigenvalue weighted by molar-refractivity contribution is 9.11. The van der Waals surface area contributed by atoms with E-state index in [9.17, 15) is 5.11 Å². The van der Waals surface area contributed by atoms with Gasteiger partial charge in [0.15, 0.2) is 0 Å². The molecule has 5 heteroatoms. The predicted molar refractivity (Wildman–Crippen MR) is 83.7 cm³/mol. The van der Waals surface area contributed by atoms with Gasteiger partial charge in [-0.2, -0.15) is 5.26 Å². The van der Waals surface area contributed by atoms with E-state index in [1.54, 1.807) is 31.2 Å². The van der Waals surface area contributed by atoms with Crippen molar-refractivity contribution < 1.29 is 9.84 Å². The fraction of sp³-hybridized carbons (Fsp3) is 0.133. The quantitative estimate of drug-likeness (QED) is 0.800. The molecule has 0 amide bonds. The van der Waals surface area contributed by atoms with Gasteiger partial charge in [0.25, 0.3) is 0 Å². The van der Waals surface area contributed by atoms with Crippen LogP contribution in [0.4, 0.5) is 0 Å². The number of hydrogen-bond donors (Lipinski definition) is 1. The fourth-order valence-corrected chi connectivity index (χ4v) is 2.84. The van der Waals surface area contributed by atoms with Crippen LogP contribution < -0.4 is 4.74 Å². The average molecular weight is 397 g/mol. The lowest BCUT2D eigenvalue weighted by Gasteiger charge is -2.14. The molecule has 0 bridgehead atoms.